The Labute approximate surface area is 143 Å². The normalized spacial score (nSPS) is 61.4. The summed E-state index contributed by atoms with van der Waals surface area (Å²) in [7, 11) is -22.7. The summed E-state index contributed by atoms with van der Waals surface area (Å²) in [6.45, 7) is 5.19. The van der Waals surface area contributed by atoms with Gasteiger partial charge in [0.2, 0.25) is 0 Å². The summed E-state index contributed by atoms with van der Waals surface area (Å²) < 4.78 is 71.5. The zero-order valence-corrected chi connectivity index (χ0v) is 21.1. The molecule has 0 aromatic carbocycles. The maximum atomic E-state index is 6.10. The first-order chi connectivity index (χ1) is 10.8. The summed E-state index contributed by atoms with van der Waals surface area (Å²) in [5.74, 6) is 0. The lowest BCUT2D eigenvalue weighted by Crippen LogP contribution is -2.76. The zero-order chi connectivity index (χ0) is 15.9. The SMILES string of the molecule is C[Si]12O[SiH]3O[SiH]4O[SiH](O1)O[Si]1(C)O[SiH](O[SiH](O3)O[Si](C)(O4)O1)O2. The maximum absolute atomic E-state index is 6.10. The predicted octanol–water partition coefficient (Wildman–Crippen LogP) is -3.45. The van der Waals surface area contributed by atoms with E-state index in [1.807, 2.05) is 0 Å². The van der Waals surface area contributed by atoms with Crippen LogP contribution in [0.25, 0.3) is 0 Å². The lowest BCUT2D eigenvalue weighted by molar-refractivity contribution is 0.0176. The van der Waals surface area contributed by atoms with Crippen molar-refractivity contribution in [2.75, 3.05) is 0 Å². The Hall–Kier alpha value is 1.26. The number of rotatable bonds is 0. The minimum atomic E-state index is -3.17. The Balaban J connectivity index is 1.65. The Morgan fingerprint density at radius 1 is 0.435 bits per heavy atom. The van der Waals surface area contributed by atoms with Gasteiger partial charge in [0.1, 0.15) is 0 Å². The molecule has 4 unspecified atom stereocenters. The van der Waals surface area contributed by atoms with E-state index in [9.17, 15) is 0 Å². The molecule has 130 valence electrons. The highest BCUT2D eigenvalue weighted by atomic mass is 28.6. The molecule has 6 fully saturated rings. The average Bonchev–Trinajstić information content (AvgIpc) is 2.26. The third-order valence-corrected chi connectivity index (χ3v) is 30.9. The van der Waals surface area contributed by atoms with Crippen LogP contribution in [0.5, 0.6) is 0 Å². The second-order valence-corrected chi connectivity index (χ2v) is 25.3. The van der Waals surface area contributed by atoms with Crippen molar-refractivity contribution in [2.45, 2.75) is 19.6 Å². The largest absolute Gasteiger partial charge is 0.475 e. The van der Waals surface area contributed by atoms with Crippen LogP contribution in [0.2, 0.25) is 19.6 Å². The van der Waals surface area contributed by atoms with Crippen LogP contribution in [0.3, 0.4) is 0 Å². The van der Waals surface area contributed by atoms with Crippen molar-refractivity contribution in [2.24, 2.45) is 0 Å². The van der Waals surface area contributed by atoms with E-state index in [0.717, 1.165) is 0 Å². The van der Waals surface area contributed by atoms with Crippen molar-refractivity contribution in [1.82, 2.24) is 0 Å². The highest BCUT2D eigenvalue weighted by molar-refractivity contribution is 6.91. The van der Waals surface area contributed by atoms with E-state index in [2.05, 4.69) is 0 Å². The third kappa shape index (κ3) is 3.10. The lowest BCUT2D eigenvalue weighted by Gasteiger charge is -2.51. The van der Waals surface area contributed by atoms with Crippen molar-refractivity contribution in [3.05, 3.63) is 0 Å². The van der Waals surface area contributed by atoms with Gasteiger partial charge in [0.05, 0.1) is 0 Å². The molecule has 6 heterocycles. The van der Waals surface area contributed by atoms with Gasteiger partial charge in [0.25, 0.3) is 0 Å². The molecule has 6 aliphatic heterocycles. The number of hydrogen-bond acceptors (Lipinski definition) is 12. The van der Waals surface area contributed by atoms with E-state index in [4.69, 9.17) is 49.4 Å². The fraction of sp³-hybridized carbons (Fsp3) is 1.00. The molecule has 8 bridgehead atoms. The van der Waals surface area contributed by atoms with Crippen LogP contribution in [0, 0.1) is 0 Å². The van der Waals surface area contributed by atoms with E-state index in [1.54, 1.807) is 19.6 Å². The van der Waals surface area contributed by atoms with Crippen molar-refractivity contribution < 1.29 is 49.4 Å². The van der Waals surface area contributed by atoms with E-state index in [0.29, 0.717) is 0 Å². The van der Waals surface area contributed by atoms with Crippen LogP contribution in [-0.4, -0.2) is 74.0 Å². The van der Waals surface area contributed by atoms with Gasteiger partial charge in [-0.1, -0.05) is 0 Å². The van der Waals surface area contributed by atoms with Crippen molar-refractivity contribution in [3.63, 3.8) is 0 Å². The molecule has 6 saturated heterocycles. The Morgan fingerprint density at radius 2 is 0.739 bits per heavy atom. The van der Waals surface area contributed by atoms with Crippen LogP contribution >= 0.6 is 0 Å². The standard InChI is InChI=1S/C3H14O12Si8/c1-21-8-16-4-17-6-19(11-21)13-23(3)14-20(12-21)7-18(5-16)10-22(2,9-17)15-23/h16-20H,1-3H3. The molecule has 6 aliphatic rings. The molecule has 20 heteroatoms. The van der Waals surface area contributed by atoms with Crippen LogP contribution in [-0.2, 0) is 49.4 Å². The third-order valence-electron chi connectivity index (χ3n) is 3.43. The fourth-order valence-corrected chi connectivity index (χ4v) is 35.1. The molecule has 0 aromatic rings. The Kier molecular flexibility index (Phi) is 3.85. The summed E-state index contributed by atoms with van der Waals surface area (Å²) in [6, 6.07) is 0. The van der Waals surface area contributed by atoms with Gasteiger partial charge in [-0.3, -0.25) is 0 Å². The first-order valence-corrected chi connectivity index (χ1v) is 20.6. The van der Waals surface area contributed by atoms with Gasteiger partial charge in [-0.25, -0.2) is 0 Å². The van der Waals surface area contributed by atoms with E-state index in [1.165, 1.54) is 0 Å². The molecule has 0 spiro atoms. The van der Waals surface area contributed by atoms with Crippen molar-refractivity contribution in [3.8, 4) is 0 Å². The molecule has 0 amide bonds. The molecular weight excluding hydrogens is 453 g/mol. The predicted molar refractivity (Wildman–Crippen MR) is 83.6 cm³/mol. The van der Waals surface area contributed by atoms with Gasteiger partial charge in [0.15, 0.2) is 0 Å². The first-order valence-electron chi connectivity index (χ1n) is 6.87. The summed E-state index contributed by atoms with van der Waals surface area (Å²) in [6.07, 6.45) is 0. The maximum Gasteiger partial charge on any atom is 0.475 e. The highest BCUT2D eigenvalue weighted by Crippen LogP contribution is 2.35. The molecule has 0 aromatic heterocycles. The van der Waals surface area contributed by atoms with Gasteiger partial charge in [0, 0.05) is 19.6 Å². The van der Waals surface area contributed by atoms with Gasteiger partial charge in [-0.15, -0.1) is 0 Å². The van der Waals surface area contributed by atoms with Gasteiger partial charge in [-0.05, 0) is 0 Å². The summed E-state index contributed by atoms with van der Waals surface area (Å²) in [4.78, 5) is 0. The molecular formula is C3H14O12Si8. The zero-order valence-electron chi connectivity index (χ0n) is 12.3. The van der Waals surface area contributed by atoms with Crippen LogP contribution in [0.1, 0.15) is 0 Å². The molecule has 4 atom stereocenters. The monoisotopic (exact) mass is 466 g/mol. The van der Waals surface area contributed by atoms with E-state index in [-0.39, 0.29) is 0 Å². The molecule has 0 aliphatic carbocycles. The van der Waals surface area contributed by atoms with Crippen LogP contribution < -0.4 is 0 Å². The smallest absolute Gasteiger partial charge is 0.378 e. The average molecular weight is 467 g/mol. The number of hydrogen-bond donors (Lipinski definition) is 0. The molecule has 6 rings (SSSR count). The van der Waals surface area contributed by atoms with Gasteiger partial charge in [-0.2, -0.15) is 0 Å². The van der Waals surface area contributed by atoms with E-state index >= 15 is 0 Å². The Morgan fingerprint density at radius 3 is 1.22 bits per heavy atom. The van der Waals surface area contributed by atoms with Crippen LogP contribution in [0.15, 0.2) is 0 Å². The molecule has 23 heavy (non-hydrogen) atoms. The minimum absolute atomic E-state index is 1.73. The highest BCUT2D eigenvalue weighted by Gasteiger charge is 2.65. The molecule has 0 saturated carbocycles. The van der Waals surface area contributed by atoms with Crippen molar-refractivity contribution >= 4 is 74.0 Å². The van der Waals surface area contributed by atoms with E-state index < -0.39 is 74.0 Å². The Bertz CT molecular complexity index is 491. The summed E-state index contributed by atoms with van der Waals surface area (Å²) in [5.41, 5.74) is 0. The molecule has 12 nitrogen and oxygen atoms in total. The lowest BCUT2D eigenvalue weighted by atomic mass is 11.9. The molecule has 0 radical (unpaired) electrons. The van der Waals surface area contributed by atoms with Gasteiger partial charge < -0.3 is 49.4 Å². The topological polar surface area (TPSA) is 111 Å². The quantitative estimate of drug-likeness (QED) is 0.331. The second kappa shape index (κ2) is 5.38. The minimum Gasteiger partial charge on any atom is -0.378 e. The summed E-state index contributed by atoms with van der Waals surface area (Å²) in [5, 5.41) is 0. The second-order valence-electron chi connectivity index (χ2n) is 5.50. The van der Waals surface area contributed by atoms with Crippen molar-refractivity contribution in [1.29, 1.82) is 0 Å². The summed E-state index contributed by atoms with van der Waals surface area (Å²) >= 11 is 0. The fourth-order valence-electron chi connectivity index (χ4n) is 2.58. The molecule has 0 N–H and O–H groups in total. The van der Waals surface area contributed by atoms with Crippen LogP contribution in [0.4, 0.5) is 0 Å². The first kappa shape index (κ1) is 16.4. The van der Waals surface area contributed by atoms with Gasteiger partial charge >= 0.3 is 74.0 Å².